The minimum Gasteiger partial charge on any atom is -0.484 e. The highest BCUT2D eigenvalue weighted by molar-refractivity contribution is 7.98. The van der Waals surface area contributed by atoms with E-state index in [2.05, 4.69) is 40.9 Å². The Kier molecular flexibility index (Phi) is 8.16. The first-order chi connectivity index (χ1) is 12.9. The van der Waals surface area contributed by atoms with Crippen molar-refractivity contribution >= 4 is 17.7 Å². The van der Waals surface area contributed by atoms with E-state index in [4.69, 9.17) is 4.74 Å². The van der Waals surface area contributed by atoms with Gasteiger partial charge < -0.3 is 14.6 Å². The van der Waals surface area contributed by atoms with Gasteiger partial charge in [0.1, 0.15) is 11.6 Å². The van der Waals surface area contributed by atoms with Gasteiger partial charge in [-0.1, -0.05) is 31.7 Å². The van der Waals surface area contributed by atoms with E-state index in [9.17, 15) is 4.79 Å². The summed E-state index contributed by atoms with van der Waals surface area (Å²) < 4.78 is 7.74. The third-order valence-corrected chi connectivity index (χ3v) is 4.94. The summed E-state index contributed by atoms with van der Waals surface area (Å²) in [6, 6.07) is 5.84. The molecule has 0 atom stereocenters. The van der Waals surface area contributed by atoms with Crippen LogP contribution in [0.15, 0.2) is 23.4 Å². The number of hydrogen-bond donors (Lipinski definition) is 1. The molecular formula is C20H30N4O2S. The number of thioether (sulfide) groups is 1. The molecule has 0 aliphatic rings. The summed E-state index contributed by atoms with van der Waals surface area (Å²) in [7, 11) is 0. The SMILES string of the molecule is CSc1nnc(CCCNC(=O)COc2ccc(C)c(C)c2)n1CC(C)C. The molecule has 2 rings (SSSR count). The molecule has 27 heavy (non-hydrogen) atoms. The van der Waals surface area contributed by atoms with Crippen molar-refractivity contribution in [3.05, 3.63) is 35.2 Å². The maximum atomic E-state index is 12.0. The van der Waals surface area contributed by atoms with Gasteiger partial charge in [-0.3, -0.25) is 4.79 Å². The molecule has 1 aromatic carbocycles. The fraction of sp³-hybridized carbons (Fsp3) is 0.550. The molecule has 148 valence electrons. The predicted molar refractivity (Wildman–Crippen MR) is 109 cm³/mol. The van der Waals surface area contributed by atoms with Crippen LogP contribution in [-0.2, 0) is 17.8 Å². The van der Waals surface area contributed by atoms with Crippen LogP contribution in [0.1, 0.15) is 37.2 Å². The highest BCUT2D eigenvalue weighted by atomic mass is 32.2. The summed E-state index contributed by atoms with van der Waals surface area (Å²) in [5.74, 6) is 2.13. The van der Waals surface area contributed by atoms with Gasteiger partial charge in [0.15, 0.2) is 11.8 Å². The number of aromatic nitrogens is 3. The Bertz CT molecular complexity index is 758. The highest BCUT2D eigenvalue weighted by Crippen LogP contribution is 2.17. The third-order valence-electron chi connectivity index (χ3n) is 4.27. The van der Waals surface area contributed by atoms with Crippen molar-refractivity contribution in [3.63, 3.8) is 0 Å². The monoisotopic (exact) mass is 390 g/mol. The van der Waals surface area contributed by atoms with Crippen LogP contribution in [0.3, 0.4) is 0 Å². The van der Waals surface area contributed by atoms with Crippen LogP contribution in [0.25, 0.3) is 0 Å². The second-order valence-electron chi connectivity index (χ2n) is 7.10. The van der Waals surface area contributed by atoms with Gasteiger partial charge in [-0.2, -0.15) is 0 Å². The molecule has 1 aromatic heterocycles. The zero-order valence-electron chi connectivity index (χ0n) is 16.9. The molecule has 1 N–H and O–H groups in total. The summed E-state index contributed by atoms with van der Waals surface area (Å²) in [6.07, 6.45) is 3.62. The molecule has 0 fully saturated rings. The Morgan fingerprint density at radius 2 is 2.04 bits per heavy atom. The van der Waals surface area contributed by atoms with E-state index in [-0.39, 0.29) is 12.5 Å². The second kappa shape index (κ2) is 10.3. The Morgan fingerprint density at radius 1 is 1.26 bits per heavy atom. The van der Waals surface area contributed by atoms with Crippen molar-refractivity contribution in [1.29, 1.82) is 0 Å². The van der Waals surface area contributed by atoms with E-state index >= 15 is 0 Å². The number of nitrogens with zero attached hydrogens (tertiary/aromatic N) is 3. The minimum atomic E-state index is -0.110. The Labute approximate surface area is 166 Å². The first-order valence-corrected chi connectivity index (χ1v) is 10.6. The number of aryl methyl sites for hydroxylation is 3. The molecule has 0 unspecified atom stereocenters. The first kappa shape index (κ1) is 21.3. The van der Waals surface area contributed by atoms with Gasteiger partial charge in [-0.15, -0.1) is 10.2 Å². The van der Waals surface area contributed by atoms with Crippen molar-refractivity contribution in [1.82, 2.24) is 20.1 Å². The predicted octanol–water partition coefficient (Wildman–Crippen LogP) is 3.40. The Hall–Kier alpha value is -2.02. The fourth-order valence-corrected chi connectivity index (χ4v) is 3.20. The van der Waals surface area contributed by atoms with Crippen LogP contribution in [-0.4, -0.2) is 40.1 Å². The molecule has 6 nitrogen and oxygen atoms in total. The fourth-order valence-electron chi connectivity index (χ4n) is 2.68. The van der Waals surface area contributed by atoms with Crippen molar-refractivity contribution in [2.24, 2.45) is 5.92 Å². The summed E-state index contributed by atoms with van der Waals surface area (Å²) in [4.78, 5) is 12.0. The molecule has 0 bridgehead atoms. The molecule has 0 aliphatic carbocycles. The third kappa shape index (κ3) is 6.57. The van der Waals surface area contributed by atoms with Crippen molar-refractivity contribution in [2.75, 3.05) is 19.4 Å². The first-order valence-electron chi connectivity index (χ1n) is 9.33. The molecular weight excluding hydrogens is 360 g/mol. The molecule has 7 heteroatoms. The smallest absolute Gasteiger partial charge is 0.257 e. The molecule has 1 heterocycles. The molecule has 2 aromatic rings. The van der Waals surface area contributed by atoms with Crippen molar-refractivity contribution < 1.29 is 9.53 Å². The van der Waals surface area contributed by atoms with Crippen LogP contribution in [0.2, 0.25) is 0 Å². The van der Waals surface area contributed by atoms with Gasteiger partial charge in [0.25, 0.3) is 5.91 Å². The van der Waals surface area contributed by atoms with E-state index < -0.39 is 0 Å². The van der Waals surface area contributed by atoms with Gasteiger partial charge in [0.05, 0.1) is 0 Å². The topological polar surface area (TPSA) is 69.0 Å². The summed E-state index contributed by atoms with van der Waals surface area (Å²) in [5.41, 5.74) is 2.37. The number of hydrogen-bond acceptors (Lipinski definition) is 5. The van der Waals surface area contributed by atoms with E-state index in [1.165, 1.54) is 5.56 Å². The van der Waals surface area contributed by atoms with E-state index in [1.807, 2.05) is 31.4 Å². The van der Waals surface area contributed by atoms with Crippen molar-refractivity contribution in [2.45, 2.75) is 52.2 Å². The standard InChI is InChI=1S/C20H30N4O2S/c1-14(2)12-24-18(22-23-20(24)27-5)7-6-10-21-19(25)13-26-17-9-8-15(3)16(4)11-17/h8-9,11,14H,6-7,10,12-13H2,1-5H3,(H,21,25). The van der Waals surface area contributed by atoms with Gasteiger partial charge in [-0.05, 0) is 55.7 Å². The zero-order chi connectivity index (χ0) is 19.8. The van der Waals surface area contributed by atoms with Gasteiger partial charge in [-0.25, -0.2) is 0 Å². The highest BCUT2D eigenvalue weighted by Gasteiger charge is 2.12. The van der Waals surface area contributed by atoms with Crippen LogP contribution in [0.4, 0.5) is 0 Å². The quantitative estimate of drug-likeness (QED) is 0.497. The van der Waals surface area contributed by atoms with Crippen LogP contribution >= 0.6 is 11.8 Å². The lowest BCUT2D eigenvalue weighted by Crippen LogP contribution is -2.30. The van der Waals surface area contributed by atoms with E-state index in [0.717, 1.165) is 41.7 Å². The summed E-state index contributed by atoms with van der Waals surface area (Å²) in [6.45, 7) is 9.99. The van der Waals surface area contributed by atoms with Crippen LogP contribution in [0, 0.1) is 19.8 Å². The van der Waals surface area contributed by atoms with E-state index in [0.29, 0.717) is 12.5 Å². The van der Waals surface area contributed by atoms with Gasteiger partial charge >= 0.3 is 0 Å². The normalized spacial score (nSPS) is 11.0. The molecule has 0 saturated heterocycles. The number of amides is 1. The number of benzene rings is 1. The lowest BCUT2D eigenvalue weighted by molar-refractivity contribution is -0.123. The number of carbonyl (C=O) groups is 1. The van der Waals surface area contributed by atoms with E-state index in [1.54, 1.807) is 11.8 Å². The Balaban J connectivity index is 1.74. The Morgan fingerprint density at radius 3 is 2.70 bits per heavy atom. The second-order valence-corrected chi connectivity index (χ2v) is 7.87. The lowest BCUT2D eigenvalue weighted by atomic mass is 10.1. The maximum absolute atomic E-state index is 12.0. The summed E-state index contributed by atoms with van der Waals surface area (Å²) >= 11 is 1.61. The average molecular weight is 391 g/mol. The molecule has 0 spiro atoms. The molecule has 0 aliphatic heterocycles. The number of carbonyl (C=O) groups excluding carboxylic acids is 1. The molecule has 0 radical (unpaired) electrons. The molecule has 0 saturated carbocycles. The lowest BCUT2D eigenvalue weighted by Gasteiger charge is -2.12. The zero-order valence-corrected chi connectivity index (χ0v) is 17.7. The number of ether oxygens (including phenoxy) is 1. The molecule has 1 amide bonds. The largest absolute Gasteiger partial charge is 0.484 e. The summed E-state index contributed by atoms with van der Waals surface area (Å²) in [5, 5.41) is 12.4. The van der Waals surface area contributed by atoms with Crippen LogP contribution in [0.5, 0.6) is 5.75 Å². The van der Waals surface area contributed by atoms with Gasteiger partial charge in [0.2, 0.25) is 0 Å². The minimum absolute atomic E-state index is 0.0304. The number of nitrogens with one attached hydrogen (secondary N) is 1. The van der Waals surface area contributed by atoms with Crippen molar-refractivity contribution in [3.8, 4) is 5.75 Å². The van der Waals surface area contributed by atoms with Gasteiger partial charge in [0, 0.05) is 19.5 Å². The average Bonchev–Trinajstić information content (AvgIpc) is 3.00. The van der Waals surface area contributed by atoms with Crippen LogP contribution < -0.4 is 10.1 Å². The maximum Gasteiger partial charge on any atom is 0.257 e. The number of rotatable bonds is 10.